The molecule has 0 saturated heterocycles. The molecule has 78 valence electrons. The lowest BCUT2D eigenvalue weighted by atomic mass is 10.1. The molecule has 0 aromatic carbocycles. The fraction of sp³-hybridized carbons (Fsp3) is 0.600. The normalized spacial score (nSPS) is 12.5. The van der Waals surface area contributed by atoms with Gasteiger partial charge in [-0.25, -0.2) is 4.98 Å². The smallest absolute Gasteiger partial charge is 0.235 e. The second-order valence-corrected chi connectivity index (χ2v) is 3.24. The van der Waals surface area contributed by atoms with Crippen molar-refractivity contribution in [2.45, 2.75) is 25.8 Å². The Labute approximate surface area is 84.7 Å². The highest BCUT2D eigenvalue weighted by Gasteiger charge is 2.06. The summed E-state index contributed by atoms with van der Waals surface area (Å²) in [7, 11) is 3.58. The Morgan fingerprint density at radius 3 is 2.79 bits per heavy atom. The zero-order valence-electron chi connectivity index (χ0n) is 8.95. The first-order valence-electron chi connectivity index (χ1n) is 4.79. The molecule has 0 aliphatic heterocycles. The zero-order valence-corrected chi connectivity index (χ0v) is 8.95. The molecule has 0 bridgehead atoms. The Morgan fingerprint density at radius 1 is 1.43 bits per heavy atom. The average molecular weight is 195 g/mol. The molecule has 1 rings (SSSR count). The maximum Gasteiger partial charge on any atom is 0.235 e. The first-order chi connectivity index (χ1) is 6.77. The fourth-order valence-corrected chi connectivity index (χ4v) is 1.19. The van der Waals surface area contributed by atoms with Gasteiger partial charge >= 0.3 is 0 Å². The van der Waals surface area contributed by atoms with Gasteiger partial charge in [0.15, 0.2) is 0 Å². The van der Waals surface area contributed by atoms with Crippen molar-refractivity contribution >= 4 is 0 Å². The molecule has 4 nitrogen and oxygen atoms in total. The molecule has 1 heterocycles. The Morgan fingerprint density at radius 2 is 2.14 bits per heavy atom. The van der Waals surface area contributed by atoms with Crippen LogP contribution < -0.4 is 10.1 Å². The van der Waals surface area contributed by atoms with E-state index in [-0.39, 0.29) is 0 Å². The standard InChI is InChI=1S/C10H17N3O/c1-8(11-2)4-5-9-10(14-3)13-7-6-12-9/h6-8,11H,4-5H2,1-3H3. The van der Waals surface area contributed by atoms with Gasteiger partial charge in [-0.2, -0.15) is 0 Å². The van der Waals surface area contributed by atoms with Crippen LogP contribution in [0.1, 0.15) is 19.0 Å². The van der Waals surface area contributed by atoms with Crippen molar-refractivity contribution in [3.63, 3.8) is 0 Å². The summed E-state index contributed by atoms with van der Waals surface area (Å²) in [5.74, 6) is 0.635. The van der Waals surface area contributed by atoms with Crippen LogP contribution in [-0.2, 0) is 6.42 Å². The van der Waals surface area contributed by atoms with Crippen LogP contribution in [0.25, 0.3) is 0 Å². The monoisotopic (exact) mass is 195 g/mol. The summed E-state index contributed by atoms with van der Waals surface area (Å²) in [4.78, 5) is 8.34. The zero-order chi connectivity index (χ0) is 10.4. The molecule has 14 heavy (non-hydrogen) atoms. The lowest BCUT2D eigenvalue weighted by Crippen LogP contribution is -2.21. The minimum atomic E-state index is 0.488. The number of methoxy groups -OCH3 is 1. The molecule has 0 aliphatic carbocycles. The first kappa shape index (κ1) is 10.9. The molecule has 0 radical (unpaired) electrons. The number of hydrogen-bond acceptors (Lipinski definition) is 4. The summed E-state index contributed by atoms with van der Waals surface area (Å²) in [5.41, 5.74) is 0.928. The number of rotatable bonds is 5. The van der Waals surface area contributed by atoms with E-state index in [1.807, 2.05) is 7.05 Å². The number of aromatic nitrogens is 2. The molecule has 1 N–H and O–H groups in total. The number of nitrogens with zero attached hydrogens (tertiary/aromatic N) is 2. The van der Waals surface area contributed by atoms with E-state index in [1.165, 1.54) is 0 Å². The Hall–Kier alpha value is -1.16. The number of aryl methyl sites for hydroxylation is 1. The SMILES string of the molecule is CNC(C)CCc1nccnc1OC. The Bertz CT molecular complexity index is 278. The number of ether oxygens (including phenoxy) is 1. The Balaban J connectivity index is 2.57. The van der Waals surface area contributed by atoms with E-state index in [2.05, 4.69) is 22.2 Å². The van der Waals surface area contributed by atoms with E-state index < -0.39 is 0 Å². The lowest BCUT2D eigenvalue weighted by Gasteiger charge is -2.10. The maximum absolute atomic E-state index is 5.12. The maximum atomic E-state index is 5.12. The van der Waals surface area contributed by atoms with Crippen molar-refractivity contribution in [2.75, 3.05) is 14.2 Å². The van der Waals surface area contributed by atoms with Gasteiger partial charge in [0.05, 0.1) is 7.11 Å². The van der Waals surface area contributed by atoms with Crippen molar-refractivity contribution in [3.8, 4) is 5.88 Å². The molecule has 0 spiro atoms. The number of nitrogens with one attached hydrogen (secondary N) is 1. The highest BCUT2D eigenvalue weighted by atomic mass is 16.5. The summed E-state index contributed by atoms with van der Waals surface area (Å²) in [6, 6.07) is 0.488. The summed E-state index contributed by atoms with van der Waals surface area (Å²) in [5, 5.41) is 3.18. The second kappa shape index (κ2) is 5.54. The van der Waals surface area contributed by atoms with Crippen molar-refractivity contribution in [1.82, 2.24) is 15.3 Å². The highest BCUT2D eigenvalue weighted by Crippen LogP contribution is 2.13. The number of hydrogen-bond donors (Lipinski definition) is 1. The van der Waals surface area contributed by atoms with Crippen LogP contribution >= 0.6 is 0 Å². The van der Waals surface area contributed by atoms with E-state index in [0.29, 0.717) is 11.9 Å². The second-order valence-electron chi connectivity index (χ2n) is 3.24. The summed E-state index contributed by atoms with van der Waals surface area (Å²) < 4.78 is 5.12. The van der Waals surface area contributed by atoms with Crippen molar-refractivity contribution < 1.29 is 4.74 Å². The van der Waals surface area contributed by atoms with E-state index >= 15 is 0 Å². The fourth-order valence-electron chi connectivity index (χ4n) is 1.19. The van der Waals surface area contributed by atoms with Crippen LogP contribution in [0.3, 0.4) is 0 Å². The van der Waals surface area contributed by atoms with Gasteiger partial charge in [0.25, 0.3) is 0 Å². The van der Waals surface area contributed by atoms with Gasteiger partial charge in [-0.3, -0.25) is 4.98 Å². The molecular formula is C10H17N3O. The van der Waals surface area contributed by atoms with Gasteiger partial charge in [-0.1, -0.05) is 0 Å². The van der Waals surface area contributed by atoms with Crippen LogP contribution in [-0.4, -0.2) is 30.2 Å². The van der Waals surface area contributed by atoms with Gasteiger partial charge in [-0.15, -0.1) is 0 Å². The van der Waals surface area contributed by atoms with Crippen molar-refractivity contribution in [3.05, 3.63) is 18.1 Å². The van der Waals surface area contributed by atoms with E-state index in [4.69, 9.17) is 4.74 Å². The quantitative estimate of drug-likeness (QED) is 0.762. The summed E-state index contributed by atoms with van der Waals surface area (Å²) in [6.07, 6.45) is 5.26. The van der Waals surface area contributed by atoms with Gasteiger partial charge < -0.3 is 10.1 Å². The van der Waals surface area contributed by atoms with E-state index in [0.717, 1.165) is 18.5 Å². The molecule has 0 fully saturated rings. The molecule has 1 aromatic rings. The van der Waals surface area contributed by atoms with Crippen LogP contribution in [0.4, 0.5) is 0 Å². The molecule has 1 unspecified atom stereocenters. The largest absolute Gasteiger partial charge is 0.480 e. The first-order valence-corrected chi connectivity index (χ1v) is 4.79. The minimum Gasteiger partial charge on any atom is -0.480 e. The molecule has 4 heteroatoms. The van der Waals surface area contributed by atoms with Crippen LogP contribution in [0.5, 0.6) is 5.88 Å². The third-order valence-electron chi connectivity index (χ3n) is 2.24. The predicted octanol–water partition coefficient (Wildman–Crippen LogP) is 1.03. The highest BCUT2D eigenvalue weighted by molar-refractivity contribution is 5.17. The topological polar surface area (TPSA) is 47.0 Å². The minimum absolute atomic E-state index is 0.488. The van der Waals surface area contributed by atoms with Crippen molar-refractivity contribution in [2.24, 2.45) is 0 Å². The Kier molecular flexibility index (Phi) is 4.32. The van der Waals surface area contributed by atoms with Crippen molar-refractivity contribution in [1.29, 1.82) is 0 Å². The average Bonchev–Trinajstić information content (AvgIpc) is 2.26. The van der Waals surface area contributed by atoms with Gasteiger partial charge in [0.2, 0.25) is 5.88 Å². The van der Waals surface area contributed by atoms with Crippen LogP contribution in [0.15, 0.2) is 12.4 Å². The summed E-state index contributed by atoms with van der Waals surface area (Å²) in [6.45, 7) is 2.14. The molecule has 0 saturated carbocycles. The van der Waals surface area contributed by atoms with Gasteiger partial charge in [0, 0.05) is 18.4 Å². The van der Waals surface area contributed by atoms with Crippen LogP contribution in [0, 0.1) is 0 Å². The third-order valence-corrected chi connectivity index (χ3v) is 2.24. The van der Waals surface area contributed by atoms with E-state index in [9.17, 15) is 0 Å². The van der Waals surface area contributed by atoms with Crippen LogP contribution in [0.2, 0.25) is 0 Å². The summed E-state index contributed by atoms with van der Waals surface area (Å²) >= 11 is 0. The van der Waals surface area contributed by atoms with E-state index in [1.54, 1.807) is 19.5 Å². The van der Waals surface area contributed by atoms with Gasteiger partial charge in [0.1, 0.15) is 5.69 Å². The molecule has 1 atom stereocenters. The third kappa shape index (κ3) is 2.96. The molecule has 0 aliphatic rings. The molecule has 0 amide bonds. The lowest BCUT2D eigenvalue weighted by molar-refractivity contribution is 0.387. The molecule has 1 aromatic heterocycles. The molecular weight excluding hydrogens is 178 g/mol. The predicted molar refractivity (Wildman–Crippen MR) is 55.4 cm³/mol. The van der Waals surface area contributed by atoms with Gasteiger partial charge in [-0.05, 0) is 26.8 Å².